The largest absolute Gasteiger partial charge is 0.306 e. The monoisotopic (exact) mass is 225 g/mol. The Labute approximate surface area is 95.7 Å². The van der Waals surface area contributed by atoms with E-state index in [0.29, 0.717) is 6.42 Å². The summed E-state index contributed by atoms with van der Waals surface area (Å²) < 4.78 is 0. The predicted octanol–water partition coefficient (Wildman–Crippen LogP) is 2.64. The van der Waals surface area contributed by atoms with E-state index in [-0.39, 0.29) is 11.3 Å². The van der Waals surface area contributed by atoms with Crippen LogP contribution in [0.1, 0.15) is 32.1 Å². The van der Waals surface area contributed by atoms with Crippen LogP contribution in [0.3, 0.4) is 0 Å². The van der Waals surface area contributed by atoms with Crippen LogP contribution in [0.15, 0.2) is 17.5 Å². The molecular weight excluding hydrogens is 206 g/mol. The second kappa shape index (κ2) is 5.42. The third kappa shape index (κ3) is 3.76. The summed E-state index contributed by atoms with van der Waals surface area (Å²) in [7, 11) is 0. The summed E-state index contributed by atoms with van der Waals surface area (Å²) in [5.74, 6) is 0.290. The lowest BCUT2D eigenvalue weighted by Gasteiger charge is -2.23. The number of ketones is 1. The van der Waals surface area contributed by atoms with Gasteiger partial charge in [-0.05, 0) is 38.3 Å². The fourth-order valence-corrected chi connectivity index (χ4v) is 2.25. The van der Waals surface area contributed by atoms with Gasteiger partial charge < -0.3 is 5.32 Å². The van der Waals surface area contributed by atoms with Gasteiger partial charge in [0.15, 0.2) is 5.78 Å². The predicted molar refractivity (Wildman–Crippen MR) is 65.4 cm³/mol. The van der Waals surface area contributed by atoms with Gasteiger partial charge in [-0.1, -0.05) is 13.0 Å². The van der Waals surface area contributed by atoms with Crippen molar-refractivity contribution in [2.75, 3.05) is 6.54 Å². The number of rotatable bonds is 6. The summed E-state index contributed by atoms with van der Waals surface area (Å²) in [4.78, 5) is 13.2. The highest BCUT2D eigenvalue weighted by molar-refractivity contribution is 7.09. The molecule has 1 heterocycles. The molecule has 0 radical (unpaired) electrons. The van der Waals surface area contributed by atoms with Crippen molar-refractivity contribution >= 4 is 17.1 Å². The molecule has 0 aliphatic heterocycles. The van der Waals surface area contributed by atoms with E-state index in [2.05, 4.69) is 16.8 Å². The summed E-state index contributed by atoms with van der Waals surface area (Å²) in [6, 6.07) is 4.11. The molecular formula is C12H19NOS. The van der Waals surface area contributed by atoms with E-state index >= 15 is 0 Å². The van der Waals surface area contributed by atoms with Gasteiger partial charge >= 0.3 is 0 Å². The van der Waals surface area contributed by atoms with Crippen molar-refractivity contribution in [2.24, 2.45) is 0 Å². The van der Waals surface area contributed by atoms with Crippen molar-refractivity contribution in [3.8, 4) is 0 Å². The number of aryl methyl sites for hydroxylation is 1. The van der Waals surface area contributed by atoms with Crippen LogP contribution in [0.2, 0.25) is 0 Å². The van der Waals surface area contributed by atoms with Gasteiger partial charge in [0, 0.05) is 11.3 Å². The molecule has 1 aromatic rings. The highest BCUT2D eigenvalue weighted by Gasteiger charge is 2.25. The molecule has 2 nitrogen and oxygen atoms in total. The molecule has 0 aliphatic rings. The van der Waals surface area contributed by atoms with Crippen molar-refractivity contribution in [3.05, 3.63) is 22.4 Å². The number of hydrogen-bond acceptors (Lipinski definition) is 3. The molecule has 0 spiro atoms. The molecule has 0 atom stereocenters. The number of hydrogen-bond donors (Lipinski definition) is 1. The van der Waals surface area contributed by atoms with Crippen LogP contribution in [0.4, 0.5) is 0 Å². The second-order valence-electron chi connectivity index (χ2n) is 4.16. The van der Waals surface area contributed by atoms with Gasteiger partial charge in [0.1, 0.15) is 0 Å². The third-order valence-electron chi connectivity index (χ3n) is 2.49. The lowest BCUT2D eigenvalue weighted by Crippen LogP contribution is -2.46. The molecule has 0 aliphatic carbocycles. The molecule has 84 valence electrons. The van der Waals surface area contributed by atoms with Gasteiger partial charge in [-0.25, -0.2) is 0 Å². The molecule has 0 amide bonds. The topological polar surface area (TPSA) is 29.1 Å². The Hall–Kier alpha value is -0.670. The Kier molecular flexibility index (Phi) is 4.48. The first-order valence-corrected chi connectivity index (χ1v) is 6.25. The first kappa shape index (κ1) is 12.4. The number of thiophene rings is 1. The number of Topliss-reactive ketones (excluding diaryl/α,β-unsaturated/α-hetero) is 1. The van der Waals surface area contributed by atoms with Gasteiger partial charge in [-0.3, -0.25) is 4.79 Å². The van der Waals surface area contributed by atoms with Crippen LogP contribution in [0, 0.1) is 0 Å². The van der Waals surface area contributed by atoms with E-state index < -0.39 is 0 Å². The minimum absolute atomic E-state index is 0.290. The Morgan fingerprint density at radius 2 is 2.27 bits per heavy atom. The first-order chi connectivity index (χ1) is 7.06. The Bertz CT molecular complexity index is 303. The number of carbonyl (C=O) groups excluding carboxylic acids is 1. The lowest BCUT2D eigenvalue weighted by molar-refractivity contribution is -0.124. The van der Waals surface area contributed by atoms with E-state index in [9.17, 15) is 4.79 Å². The van der Waals surface area contributed by atoms with Crippen molar-refractivity contribution in [1.29, 1.82) is 0 Å². The summed E-state index contributed by atoms with van der Waals surface area (Å²) in [6.07, 6.45) is 1.49. The fraction of sp³-hybridized carbons (Fsp3) is 0.583. The van der Waals surface area contributed by atoms with E-state index in [4.69, 9.17) is 0 Å². The summed E-state index contributed by atoms with van der Waals surface area (Å²) in [5.41, 5.74) is -0.383. The Balaban J connectivity index is 2.42. The zero-order valence-electron chi connectivity index (χ0n) is 9.67. The van der Waals surface area contributed by atoms with Gasteiger partial charge in [-0.15, -0.1) is 11.3 Å². The SMILES string of the molecule is CCNC(C)(C)C(=O)CCc1cccs1. The number of likely N-dealkylation sites (N-methyl/N-ethyl adjacent to an activating group) is 1. The molecule has 0 fully saturated rings. The minimum atomic E-state index is -0.383. The molecule has 1 N–H and O–H groups in total. The minimum Gasteiger partial charge on any atom is -0.306 e. The molecule has 15 heavy (non-hydrogen) atoms. The van der Waals surface area contributed by atoms with Crippen LogP contribution >= 0.6 is 11.3 Å². The molecule has 3 heteroatoms. The van der Waals surface area contributed by atoms with Gasteiger partial charge in [0.2, 0.25) is 0 Å². The highest BCUT2D eigenvalue weighted by Crippen LogP contribution is 2.14. The molecule has 1 aromatic heterocycles. The standard InChI is InChI=1S/C12H19NOS/c1-4-13-12(2,3)11(14)8-7-10-6-5-9-15-10/h5-6,9,13H,4,7-8H2,1-3H3. The average molecular weight is 225 g/mol. The van der Waals surface area contributed by atoms with Gasteiger partial charge in [0.25, 0.3) is 0 Å². The van der Waals surface area contributed by atoms with Crippen molar-refractivity contribution in [3.63, 3.8) is 0 Å². The maximum absolute atomic E-state index is 11.9. The molecule has 1 rings (SSSR count). The maximum atomic E-state index is 11.9. The molecule has 0 bridgehead atoms. The second-order valence-corrected chi connectivity index (χ2v) is 5.19. The normalized spacial score (nSPS) is 11.7. The van der Waals surface area contributed by atoms with Crippen molar-refractivity contribution in [1.82, 2.24) is 5.32 Å². The molecule has 0 saturated carbocycles. The maximum Gasteiger partial charge on any atom is 0.152 e. The summed E-state index contributed by atoms with van der Waals surface area (Å²) in [6.45, 7) is 6.76. The van der Waals surface area contributed by atoms with Crippen LogP contribution < -0.4 is 5.32 Å². The van der Waals surface area contributed by atoms with E-state index in [1.165, 1.54) is 4.88 Å². The number of carbonyl (C=O) groups is 1. The van der Waals surface area contributed by atoms with Gasteiger partial charge in [-0.2, -0.15) is 0 Å². The molecule has 0 saturated heterocycles. The lowest BCUT2D eigenvalue weighted by atomic mass is 9.95. The average Bonchev–Trinajstić information content (AvgIpc) is 2.66. The number of nitrogens with one attached hydrogen (secondary N) is 1. The first-order valence-electron chi connectivity index (χ1n) is 5.37. The van der Waals surface area contributed by atoms with Crippen LogP contribution in [0.5, 0.6) is 0 Å². The van der Waals surface area contributed by atoms with Crippen LogP contribution in [0.25, 0.3) is 0 Å². The Morgan fingerprint density at radius 1 is 1.53 bits per heavy atom. The summed E-state index contributed by atoms with van der Waals surface area (Å²) in [5, 5.41) is 5.26. The molecule has 0 aromatic carbocycles. The van der Waals surface area contributed by atoms with Crippen molar-refractivity contribution in [2.45, 2.75) is 39.2 Å². The summed E-state index contributed by atoms with van der Waals surface area (Å²) >= 11 is 1.72. The quantitative estimate of drug-likeness (QED) is 0.806. The van der Waals surface area contributed by atoms with Crippen LogP contribution in [-0.2, 0) is 11.2 Å². The van der Waals surface area contributed by atoms with E-state index in [0.717, 1.165) is 13.0 Å². The third-order valence-corrected chi connectivity index (χ3v) is 3.43. The zero-order chi connectivity index (χ0) is 11.3. The molecule has 0 unspecified atom stereocenters. The highest BCUT2D eigenvalue weighted by atomic mass is 32.1. The van der Waals surface area contributed by atoms with E-state index in [1.54, 1.807) is 11.3 Å². The smallest absolute Gasteiger partial charge is 0.152 e. The fourth-order valence-electron chi connectivity index (χ4n) is 1.54. The van der Waals surface area contributed by atoms with Crippen molar-refractivity contribution < 1.29 is 4.79 Å². The van der Waals surface area contributed by atoms with E-state index in [1.807, 2.05) is 26.8 Å². The zero-order valence-corrected chi connectivity index (χ0v) is 10.5. The van der Waals surface area contributed by atoms with Crippen LogP contribution in [-0.4, -0.2) is 17.9 Å². The Morgan fingerprint density at radius 3 is 2.80 bits per heavy atom. The van der Waals surface area contributed by atoms with Gasteiger partial charge in [0.05, 0.1) is 5.54 Å².